The van der Waals surface area contributed by atoms with Gasteiger partial charge in [0.1, 0.15) is 5.82 Å². The lowest BCUT2D eigenvalue weighted by Crippen LogP contribution is -2.15. The third-order valence-electron chi connectivity index (χ3n) is 2.56. The van der Waals surface area contributed by atoms with Crippen molar-refractivity contribution in [1.29, 1.82) is 0 Å². The number of nitrogens with one attached hydrogen (secondary N) is 1. The van der Waals surface area contributed by atoms with Crippen LogP contribution in [0.2, 0.25) is 0 Å². The average molecular weight is 335 g/mol. The topological polar surface area (TPSA) is 79.3 Å². The number of hydrogen-bond donors (Lipinski definition) is 2. The Morgan fingerprint density at radius 3 is 2.40 bits per heavy atom. The van der Waals surface area contributed by atoms with E-state index in [0.717, 1.165) is 10.0 Å². The van der Waals surface area contributed by atoms with E-state index in [-0.39, 0.29) is 17.9 Å². The van der Waals surface area contributed by atoms with Crippen LogP contribution >= 0.6 is 15.9 Å². The third kappa shape index (κ3) is 3.89. The molecule has 0 aliphatic carbocycles. The van der Waals surface area contributed by atoms with E-state index in [4.69, 9.17) is 5.11 Å². The molecular formula is C14H11BrN2O3. The van der Waals surface area contributed by atoms with Crippen LogP contribution in [0.1, 0.15) is 15.9 Å². The molecule has 0 saturated carbocycles. The van der Waals surface area contributed by atoms with Gasteiger partial charge < -0.3 is 10.4 Å². The summed E-state index contributed by atoms with van der Waals surface area (Å²) in [6, 6.07) is 10.3. The number of pyridine rings is 1. The highest BCUT2D eigenvalue weighted by molar-refractivity contribution is 9.10. The molecule has 2 N–H and O–H groups in total. The molecule has 0 radical (unpaired) electrons. The van der Waals surface area contributed by atoms with Gasteiger partial charge in [0.05, 0.1) is 12.0 Å². The number of amides is 1. The van der Waals surface area contributed by atoms with Gasteiger partial charge in [0.15, 0.2) is 0 Å². The Kier molecular flexibility index (Phi) is 4.47. The van der Waals surface area contributed by atoms with Crippen molar-refractivity contribution in [2.24, 2.45) is 0 Å². The Hall–Kier alpha value is -2.21. The van der Waals surface area contributed by atoms with Crippen LogP contribution in [0.5, 0.6) is 0 Å². The normalized spacial score (nSPS) is 10.1. The SMILES string of the molecule is O=C(Cc1ccc(Br)cc1)Nc1ccc(C(=O)O)cn1. The van der Waals surface area contributed by atoms with Crippen molar-refractivity contribution in [3.63, 3.8) is 0 Å². The van der Waals surface area contributed by atoms with Gasteiger partial charge in [-0.25, -0.2) is 9.78 Å². The molecule has 20 heavy (non-hydrogen) atoms. The van der Waals surface area contributed by atoms with Gasteiger partial charge in [-0.2, -0.15) is 0 Å². The zero-order chi connectivity index (χ0) is 14.5. The van der Waals surface area contributed by atoms with Crippen LogP contribution in [0.3, 0.4) is 0 Å². The highest BCUT2D eigenvalue weighted by Crippen LogP contribution is 2.12. The number of nitrogens with zero attached hydrogens (tertiary/aromatic N) is 1. The first-order valence-electron chi connectivity index (χ1n) is 5.78. The summed E-state index contributed by atoms with van der Waals surface area (Å²) in [4.78, 5) is 26.4. The van der Waals surface area contributed by atoms with Gasteiger partial charge in [0, 0.05) is 10.7 Å². The first kappa shape index (κ1) is 14.2. The number of aromatic nitrogens is 1. The predicted octanol–water partition coefficient (Wildman–Crippen LogP) is 2.72. The van der Waals surface area contributed by atoms with Crippen LogP contribution in [0, 0.1) is 0 Å². The first-order chi connectivity index (χ1) is 9.54. The van der Waals surface area contributed by atoms with E-state index in [1.807, 2.05) is 24.3 Å². The monoisotopic (exact) mass is 334 g/mol. The number of aromatic carboxylic acids is 1. The highest BCUT2D eigenvalue weighted by Gasteiger charge is 2.07. The van der Waals surface area contributed by atoms with Crippen LogP contribution in [0.4, 0.5) is 5.82 Å². The molecule has 5 nitrogen and oxygen atoms in total. The minimum absolute atomic E-state index is 0.0795. The van der Waals surface area contributed by atoms with Gasteiger partial charge in [-0.3, -0.25) is 4.79 Å². The van der Waals surface area contributed by atoms with Crippen LogP contribution in [-0.2, 0) is 11.2 Å². The molecule has 102 valence electrons. The Bertz CT molecular complexity index is 624. The van der Waals surface area contributed by atoms with Crippen molar-refractivity contribution in [3.05, 3.63) is 58.2 Å². The molecule has 0 bridgehead atoms. The fraction of sp³-hybridized carbons (Fsp3) is 0.0714. The zero-order valence-electron chi connectivity index (χ0n) is 10.3. The van der Waals surface area contributed by atoms with E-state index >= 15 is 0 Å². The number of halogens is 1. The lowest BCUT2D eigenvalue weighted by Gasteiger charge is -2.05. The summed E-state index contributed by atoms with van der Waals surface area (Å²) in [5.74, 6) is -0.926. The quantitative estimate of drug-likeness (QED) is 0.900. The highest BCUT2D eigenvalue weighted by atomic mass is 79.9. The van der Waals surface area contributed by atoms with Gasteiger partial charge in [-0.1, -0.05) is 28.1 Å². The molecule has 1 heterocycles. The van der Waals surface area contributed by atoms with E-state index in [2.05, 4.69) is 26.2 Å². The standard InChI is InChI=1S/C14H11BrN2O3/c15-11-4-1-9(2-5-11)7-13(18)17-12-6-3-10(8-16-12)14(19)20/h1-6,8H,7H2,(H,19,20)(H,16,17,18). The molecule has 6 heteroatoms. The molecule has 0 unspecified atom stereocenters. The summed E-state index contributed by atoms with van der Waals surface area (Å²) in [7, 11) is 0. The number of carbonyl (C=O) groups excluding carboxylic acids is 1. The Labute approximate surface area is 123 Å². The molecule has 0 aliphatic rings. The first-order valence-corrected chi connectivity index (χ1v) is 6.57. The van der Waals surface area contributed by atoms with Gasteiger partial charge in [0.2, 0.25) is 5.91 Å². The molecule has 0 atom stereocenters. The summed E-state index contributed by atoms with van der Waals surface area (Å²) >= 11 is 3.33. The Morgan fingerprint density at radius 2 is 1.85 bits per heavy atom. The van der Waals surface area contributed by atoms with Crippen LogP contribution in [-0.4, -0.2) is 22.0 Å². The fourth-order valence-corrected chi connectivity index (χ4v) is 1.83. The van der Waals surface area contributed by atoms with Crippen LogP contribution in [0.15, 0.2) is 47.1 Å². The number of rotatable bonds is 4. The summed E-state index contributed by atoms with van der Waals surface area (Å²) < 4.78 is 0.951. The number of carbonyl (C=O) groups is 2. The molecule has 1 aromatic heterocycles. The average Bonchev–Trinajstić information content (AvgIpc) is 2.42. The summed E-state index contributed by atoms with van der Waals surface area (Å²) in [5.41, 5.74) is 0.962. The van der Waals surface area contributed by atoms with Crippen molar-refractivity contribution in [2.75, 3.05) is 5.32 Å². The number of carboxylic acids is 1. The Balaban J connectivity index is 1.97. The molecule has 1 amide bonds. The predicted molar refractivity (Wildman–Crippen MR) is 77.7 cm³/mol. The summed E-state index contributed by atoms with van der Waals surface area (Å²) in [5, 5.41) is 11.4. The van der Waals surface area contributed by atoms with Gasteiger partial charge in [-0.05, 0) is 29.8 Å². The molecule has 1 aromatic carbocycles. The molecule has 0 saturated heterocycles. The van der Waals surface area contributed by atoms with Crippen molar-refractivity contribution < 1.29 is 14.7 Å². The van der Waals surface area contributed by atoms with E-state index < -0.39 is 5.97 Å². The smallest absolute Gasteiger partial charge is 0.337 e. The van der Waals surface area contributed by atoms with Crippen molar-refractivity contribution in [1.82, 2.24) is 4.98 Å². The van der Waals surface area contributed by atoms with Crippen molar-refractivity contribution in [2.45, 2.75) is 6.42 Å². The number of anilines is 1. The second-order valence-electron chi connectivity index (χ2n) is 4.09. The Morgan fingerprint density at radius 1 is 1.15 bits per heavy atom. The largest absolute Gasteiger partial charge is 0.478 e. The third-order valence-corrected chi connectivity index (χ3v) is 3.08. The fourth-order valence-electron chi connectivity index (χ4n) is 1.57. The van der Waals surface area contributed by atoms with Crippen molar-refractivity contribution in [3.8, 4) is 0 Å². The maximum Gasteiger partial charge on any atom is 0.337 e. The minimum Gasteiger partial charge on any atom is -0.478 e. The van der Waals surface area contributed by atoms with Crippen molar-refractivity contribution >= 4 is 33.6 Å². The van der Waals surface area contributed by atoms with E-state index in [1.54, 1.807) is 0 Å². The van der Waals surface area contributed by atoms with Crippen LogP contribution < -0.4 is 5.32 Å². The van der Waals surface area contributed by atoms with Gasteiger partial charge >= 0.3 is 5.97 Å². The molecule has 2 aromatic rings. The molecule has 0 aliphatic heterocycles. The van der Waals surface area contributed by atoms with E-state index in [0.29, 0.717) is 5.82 Å². The number of hydrogen-bond acceptors (Lipinski definition) is 3. The minimum atomic E-state index is -1.05. The second-order valence-corrected chi connectivity index (χ2v) is 5.00. The second kappa shape index (κ2) is 6.29. The van der Waals surface area contributed by atoms with Gasteiger partial charge in [-0.15, -0.1) is 0 Å². The number of benzene rings is 1. The molecular weight excluding hydrogens is 324 g/mol. The summed E-state index contributed by atoms with van der Waals surface area (Å²) in [6.45, 7) is 0. The molecule has 2 rings (SSSR count). The number of carboxylic acid groups (broad SMARTS) is 1. The van der Waals surface area contributed by atoms with E-state index in [9.17, 15) is 9.59 Å². The molecule has 0 spiro atoms. The molecule has 0 fully saturated rings. The summed E-state index contributed by atoms with van der Waals surface area (Å²) in [6.07, 6.45) is 1.44. The lowest BCUT2D eigenvalue weighted by atomic mass is 10.1. The zero-order valence-corrected chi connectivity index (χ0v) is 11.9. The van der Waals surface area contributed by atoms with Gasteiger partial charge in [0.25, 0.3) is 0 Å². The maximum absolute atomic E-state index is 11.8. The van der Waals surface area contributed by atoms with E-state index in [1.165, 1.54) is 18.3 Å². The maximum atomic E-state index is 11.8. The lowest BCUT2D eigenvalue weighted by molar-refractivity contribution is -0.115. The van der Waals surface area contributed by atoms with Crippen LogP contribution in [0.25, 0.3) is 0 Å².